The molecule has 0 heterocycles. The van der Waals surface area contributed by atoms with Gasteiger partial charge in [-0.15, -0.1) is 0 Å². The number of hydrogen-bond acceptors (Lipinski definition) is 8. The van der Waals surface area contributed by atoms with Crippen molar-refractivity contribution in [2.24, 2.45) is 0 Å². The zero-order valence-electron chi connectivity index (χ0n) is 28.4. The van der Waals surface area contributed by atoms with E-state index in [1.807, 2.05) is 60.7 Å². The Morgan fingerprint density at radius 2 is 0.896 bits per heavy atom. The van der Waals surface area contributed by atoms with Crippen LogP contribution in [0.4, 0.5) is 0 Å². The topological polar surface area (TPSA) is 73.8 Å². The zero-order valence-corrected chi connectivity index (χ0v) is 28.4. The van der Waals surface area contributed by atoms with Gasteiger partial charge in [-0.1, -0.05) is 60.2 Å². The van der Waals surface area contributed by atoms with Crippen LogP contribution in [0.1, 0.15) is 24.0 Å². The van der Waals surface area contributed by atoms with Crippen molar-refractivity contribution in [3.63, 3.8) is 0 Å². The molecule has 4 aromatic carbocycles. The van der Waals surface area contributed by atoms with E-state index in [4.69, 9.17) is 37.9 Å². The lowest BCUT2D eigenvalue weighted by Crippen LogP contribution is -2.12. The van der Waals surface area contributed by atoms with E-state index in [9.17, 15) is 0 Å². The molecule has 0 aliphatic heterocycles. The molecule has 0 amide bonds. The van der Waals surface area contributed by atoms with E-state index < -0.39 is 0 Å². The van der Waals surface area contributed by atoms with Crippen LogP contribution in [-0.2, 0) is 25.4 Å². The van der Waals surface area contributed by atoms with Crippen LogP contribution in [0.5, 0.6) is 23.0 Å². The van der Waals surface area contributed by atoms with Crippen molar-refractivity contribution < 1.29 is 37.9 Å². The van der Waals surface area contributed by atoms with Gasteiger partial charge >= 0.3 is 0 Å². The number of aryl methyl sites for hydroxylation is 1. The third-order valence-corrected chi connectivity index (χ3v) is 7.33. The van der Waals surface area contributed by atoms with E-state index in [-0.39, 0.29) is 0 Å². The van der Waals surface area contributed by atoms with Gasteiger partial charge in [0.2, 0.25) is 0 Å². The molecule has 8 nitrogen and oxygen atoms in total. The first kappa shape index (κ1) is 36.8. The van der Waals surface area contributed by atoms with Gasteiger partial charge in [0, 0.05) is 39.4 Å². The molecule has 0 atom stereocenters. The number of rotatable bonds is 25. The average Bonchev–Trinajstić information content (AvgIpc) is 3.12. The van der Waals surface area contributed by atoms with Gasteiger partial charge in [-0.3, -0.25) is 0 Å². The molecule has 4 rings (SSSR count). The summed E-state index contributed by atoms with van der Waals surface area (Å²) in [4.78, 5) is 0. The van der Waals surface area contributed by atoms with Gasteiger partial charge in [0.15, 0.2) is 0 Å². The van der Waals surface area contributed by atoms with Crippen LogP contribution >= 0.6 is 0 Å². The molecule has 0 radical (unpaired) electrons. The third kappa shape index (κ3) is 14.8. The van der Waals surface area contributed by atoms with E-state index in [1.54, 1.807) is 7.11 Å². The Morgan fingerprint density at radius 3 is 1.54 bits per heavy atom. The molecule has 0 fully saturated rings. The SMILES string of the molecule is COCCCOCCCOc1ccc(-c2ccc(CCOCCOCCOc3cccc(OCCOc4ccc(C)cc4)c3)cc2)cc1. The molecule has 0 aliphatic rings. The molecule has 0 saturated heterocycles. The summed E-state index contributed by atoms with van der Waals surface area (Å²) in [6.07, 6.45) is 2.63. The van der Waals surface area contributed by atoms with E-state index in [2.05, 4.69) is 43.3 Å². The minimum Gasteiger partial charge on any atom is -0.494 e. The molecule has 0 spiro atoms. The Morgan fingerprint density at radius 1 is 0.417 bits per heavy atom. The lowest BCUT2D eigenvalue weighted by molar-refractivity contribution is 0.0373. The molecular weight excluding hydrogens is 608 g/mol. The molecule has 0 aromatic heterocycles. The van der Waals surface area contributed by atoms with Crippen molar-refractivity contribution in [2.75, 3.05) is 79.8 Å². The van der Waals surface area contributed by atoms with Gasteiger partial charge in [-0.05, 0) is 72.9 Å². The van der Waals surface area contributed by atoms with E-state index >= 15 is 0 Å². The van der Waals surface area contributed by atoms with Crippen LogP contribution in [0.25, 0.3) is 11.1 Å². The Kier molecular flexibility index (Phi) is 17.2. The molecule has 0 bridgehead atoms. The quantitative estimate of drug-likeness (QED) is 0.0675. The predicted molar refractivity (Wildman–Crippen MR) is 189 cm³/mol. The Hall–Kier alpha value is -4.08. The van der Waals surface area contributed by atoms with Gasteiger partial charge in [0.1, 0.15) is 42.8 Å². The van der Waals surface area contributed by atoms with Crippen molar-refractivity contribution in [3.05, 3.63) is 108 Å². The average molecular weight is 659 g/mol. The van der Waals surface area contributed by atoms with Gasteiger partial charge in [0.25, 0.3) is 0 Å². The second-order valence-electron chi connectivity index (χ2n) is 11.2. The normalized spacial score (nSPS) is 11.0. The summed E-state index contributed by atoms with van der Waals surface area (Å²) in [5.74, 6) is 3.19. The summed E-state index contributed by atoms with van der Waals surface area (Å²) in [6.45, 7) is 8.41. The van der Waals surface area contributed by atoms with E-state index in [1.165, 1.54) is 16.7 Å². The maximum absolute atomic E-state index is 5.84. The smallest absolute Gasteiger partial charge is 0.123 e. The minimum atomic E-state index is 0.449. The van der Waals surface area contributed by atoms with Gasteiger partial charge in [-0.25, -0.2) is 0 Å². The number of hydrogen-bond donors (Lipinski definition) is 0. The summed E-state index contributed by atoms with van der Waals surface area (Å²) >= 11 is 0. The number of benzene rings is 4. The first-order valence-corrected chi connectivity index (χ1v) is 16.8. The lowest BCUT2D eigenvalue weighted by Gasteiger charge is -2.11. The van der Waals surface area contributed by atoms with Crippen molar-refractivity contribution in [2.45, 2.75) is 26.2 Å². The predicted octanol–water partition coefficient (Wildman–Crippen LogP) is 7.60. The highest BCUT2D eigenvalue weighted by Crippen LogP contribution is 2.23. The maximum Gasteiger partial charge on any atom is 0.123 e. The molecule has 4 aromatic rings. The van der Waals surface area contributed by atoms with Gasteiger partial charge in [0.05, 0.1) is 33.0 Å². The van der Waals surface area contributed by atoms with Gasteiger partial charge in [-0.2, -0.15) is 0 Å². The highest BCUT2D eigenvalue weighted by molar-refractivity contribution is 5.64. The monoisotopic (exact) mass is 658 g/mol. The van der Waals surface area contributed by atoms with E-state index in [0.29, 0.717) is 59.5 Å². The molecule has 258 valence electrons. The van der Waals surface area contributed by atoms with Crippen LogP contribution in [0.15, 0.2) is 97.1 Å². The Balaban J connectivity index is 0.995. The summed E-state index contributed by atoms with van der Waals surface area (Å²) in [5, 5.41) is 0. The first-order valence-electron chi connectivity index (χ1n) is 16.8. The fourth-order valence-corrected chi connectivity index (χ4v) is 4.70. The summed E-state index contributed by atoms with van der Waals surface area (Å²) in [7, 11) is 1.70. The van der Waals surface area contributed by atoms with Crippen molar-refractivity contribution in [1.82, 2.24) is 0 Å². The standard InChI is InChI=1S/C40H50O8/c1-33-8-16-37(17-9-33)46-30-31-48-40-7-3-6-39(32-40)47-29-28-44-27-26-43-25-20-34-10-12-35(13-11-34)36-14-18-38(19-15-36)45-24-5-23-42-22-4-21-41-2/h3,6-19,32H,4-5,20-31H2,1-2H3. The summed E-state index contributed by atoms with van der Waals surface area (Å²) in [5.41, 5.74) is 4.78. The third-order valence-electron chi connectivity index (χ3n) is 7.33. The highest BCUT2D eigenvalue weighted by atomic mass is 16.5. The second-order valence-corrected chi connectivity index (χ2v) is 11.2. The fraction of sp³-hybridized carbons (Fsp3) is 0.400. The van der Waals surface area contributed by atoms with Crippen molar-refractivity contribution in [1.29, 1.82) is 0 Å². The minimum absolute atomic E-state index is 0.449. The number of ether oxygens (including phenoxy) is 8. The second kappa shape index (κ2) is 22.5. The molecular formula is C40H50O8. The molecule has 48 heavy (non-hydrogen) atoms. The maximum atomic E-state index is 5.84. The van der Waals surface area contributed by atoms with Crippen LogP contribution in [0, 0.1) is 6.92 Å². The Labute approximate surface area is 285 Å². The fourth-order valence-electron chi connectivity index (χ4n) is 4.70. The molecule has 0 aliphatic carbocycles. The molecule has 0 unspecified atom stereocenters. The molecule has 0 saturated carbocycles. The van der Waals surface area contributed by atoms with Crippen LogP contribution in [-0.4, -0.2) is 79.8 Å². The summed E-state index contributed by atoms with van der Waals surface area (Å²) < 4.78 is 45.2. The van der Waals surface area contributed by atoms with Crippen molar-refractivity contribution >= 4 is 0 Å². The molecule has 0 N–H and O–H groups in total. The van der Waals surface area contributed by atoms with Crippen LogP contribution in [0.2, 0.25) is 0 Å². The lowest BCUT2D eigenvalue weighted by atomic mass is 10.0. The van der Waals surface area contributed by atoms with Gasteiger partial charge < -0.3 is 37.9 Å². The van der Waals surface area contributed by atoms with Crippen LogP contribution in [0.3, 0.4) is 0 Å². The van der Waals surface area contributed by atoms with Crippen molar-refractivity contribution in [3.8, 4) is 34.1 Å². The van der Waals surface area contributed by atoms with Crippen LogP contribution < -0.4 is 18.9 Å². The highest BCUT2D eigenvalue weighted by Gasteiger charge is 2.03. The zero-order chi connectivity index (χ0) is 33.5. The Bertz CT molecular complexity index is 1390. The van der Waals surface area contributed by atoms with E-state index in [0.717, 1.165) is 61.0 Å². The largest absolute Gasteiger partial charge is 0.494 e. The first-order chi connectivity index (χ1) is 23.7. The molecule has 8 heteroatoms. The summed E-state index contributed by atoms with van der Waals surface area (Å²) in [6, 6.07) is 32.4. The number of methoxy groups -OCH3 is 1.